The highest BCUT2D eigenvalue weighted by Gasteiger charge is 2.31. The molecule has 0 saturated carbocycles. The van der Waals surface area contributed by atoms with E-state index < -0.39 is 0 Å². The molecule has 1 aromatic rings. The highest BCUT2D eigenvalue weighted by Crippen LogP contribution is 2.30. The van der Waals surface area contributed by atoms with Crippen LogP contribution in [0.25, 0.3) is 0 Å². The van der Waals surface area contributed by atoms with Crippen molar-refractivity contribution in [2.24, 2.45) is 10.4 Å². The van der Waals surface area contributed by atoms with E-state index in [9.17, 15) is 0 Å². The molecular weight excluding hydrogens is 431 g/mol. The van der Waals surface area contributed by atoms with Crippen molar-refractivity contribution in [3.05, 3.63) is 22.4 Å². The summed E-state index contributed by atoms with van der Waals surface area (Å²) in [7, 11) is 1.91. The van der Waals surface area contributed by atoms with Crippen molar-refractivity contribution in [2.45, 2.75) is 39.2 Å². The first-order valence-electron chi connectivity index (χ1n) is 8.82. The van der Waals surface area contributed by atoms with Crippen LogP contribution in [0.2, 0.25) is 0 Å². The molecule has 2 fully saturated rings. The molecule has 1 unspecified atom stereocenters. The molecule has 0 aromatic carbocycles. The lowest BCUT2D eigenvalue weighted by Gasteiger charge is -2.30. The van der Waals surface area contributed by atoms with Crippen LogP contribution in [0.4, 0.5) is 0 Å². The first kappa shape index (κ1) is 20.0. The Kier molecular flexibility index (Phi) is 7.37. The Bertz CT molecular complexity index is 523. The van der Waals surface area contributed by atoms with E-state index >= 15 is 0 Å². The lowest BCUT2D eigenvalue weighted by molar-refractivity contribution is 0.247. The minimum absolute atomic E-state index is 0. The van der Waals surface area contributed by atoms with E-state index in [0.29, 0.717) is 11.5 Å². The van der Waals surface area contributed by atoms with Crippen LogP contribution < -0.4 is 5.32 Å². The zero-order valence-corrected chi connectivity index (χ0v) is 18.3. The lowest BCUT2D eigenvalue weighted by atomic mass is 9.93. The minimum atomic E-state index is 0. The molecule has 1 N–H and O–H groups in total. The molecule has 3 heterocycles. The second-order valence-electron chi connectivity index (χ2n) is 7.54. The number of halogens is 1. The number of rotatable bonds is 4. The van der Waals surface area contributed by atoms with Gasteiger partial charge in [-0.05, 0) is 49.2 Å². The second-order valence-corrected chi connectivity index (χ2v) is 8.52. The van der Waals surface area contributed by atoms with Crippen molar-refractivity contribution in [1.29, 1.82) is 0 Å². The van der Waals surface area contributed by atoms with Crippen LogP contribution >= 0.6 is 35.3 Å². The Hall–Kier alpha value is -0.340. The van der Waals surface area contributed by atoms with Gasteiger partial charge in [0.05, 0.1) is 6.04 Å². The fourth-order valence-corrected chi connectivity index (χ4v) is 4.62. The monoisotopic (exact) mass is 462 g/mol. The number of nitrogens with one attached hydrogen (secondary N) is 1. The van der Waals surface area contributed by atoms with Gasteiger partial charge in [0, 0.05) is 31.6 Å². The Morgan fingerprint density at radius 3 is 2.62 bits per heavy atom. The van der Waals surface area contributed by atoms with Crippen molar-refractivity contribution < 1.29 is 0 Å². The number of thiophene rings is 1. The molecule has 1 atom stereocenters. The van der Waals surface area contributed by atoms with E-state index in [1.165, 1.54) is 37.2 Å². The SMILES string of the molecule is CN=C(NCC(c1cccs1)N1CCCC1)N1CCC(C)(C)C1.I. The largest absolute Gasteiger partial charge is 0.354 e. The molecular formula is C18H31IN4S. The molecule has 2 saturated heterocycles. The van der Waals surface area contributed by atoms with Gasteiger partial charge in [0.25, 0.3) is 0 Å². The summed E-state index contributed by atoms with van der Waals surface area (Å²) in [5.41, 5.74) is 0.403. The van der Waals surface area contributed by atoms with Crippen molar-refractivity contribution in [2.75, 3.05) is 39.8 Å². The van der Waals surface area contributed by atoms with Crippen LogP contribution in [0, 0.1) is 5.41 Å². The molecule has 2 aliphatic heterocycles. The molecule has 2 aliphatic rings. The fraction of sp³-hybridized carbons (Fsp3) is 0.722. The van der Waals surface area contributed by atoms with E-state index in [4.69, 9.17) is 0 Å². The maximum atomic E-state index is 4.53. The summed E-state index contributed by atoms with van der Waals surface area (Å²) >= 11 is 1.87. The minimum Gasteiger partial charge on any atom is -0.354 e. The van der Waals surface area contributed by atoms with Crippen molar-refractivity contribution in [3.63, 3.8) is 0 Å². The summed E-state index contributed by atoms with van der Waals surface area (Å²) in [6.07, 6.45) is 3.90. The molecule has 0 bridgehead atoms. The number of aliphatic imine (C=N–C) groups is 1. The summed E-state index contributed by atoms with van der Waals surface area (Å²) in [6.45, 7) is 10.3. The van der Waals surface area contributed by atoms with Gasteiger partial charge in [0.2, 0.25) is 0 Å². The van der Waals surface area contributed by atoms with Crippen LogP contribution in [0.5, 0.6) is 0 Å². The van der Waals surface area contributed by atoms with Crippen molar-refractivity contribution in [1.82, 2.24) is 15.1 Å². The second kappa shape index (κ2) is 8.85. The Morgan fingerprint density at radius 2 is 2.08 bits per heavy atom. The summed E-state index contributed by atoms with van der Waals surface area (Å²) in [4.78, 5) is 11.0. The molecule has 4 nitrogen and oxygen atoms in total. The first-order chi connectivity index (χ1) is 11.1. The highest BCUT2D eigenvalue weighted by molar-refractivity contribution is 14.0. The predicted octanol–water partition coefficient (Wildman–Crippen LogP) is 3.81. The van der Waals surface area contributed by atoms with E-state index in [1.807, 2.05) is 18.4 Å². The number of hydrogen-bond donors (Lipinski definition) is 1. The smallest absolute Gasteiger partial charge is 0.193 e. The summed E-state index contributed by atoms with van der Waals surface area (Å²) < 4.78 is 0. The molecule has 0 spiro atoms. The van der Waals surface area contributed by atoms with E-state index in [2.05, 4.69) is 51.5 Å². The van der Waals surface area contributed by atoms with Crippen LogP contribution in [-0.4, -0.2) is 55.5 Å². The van der Waals surface area contributed by atoms with Crippen LogP contribution in [0.15, 0.2) is 22.5 Å². The first-order valence-corrected chi connectivity index (χ1v) is 9.70. The third-order valence-corrected chi connectivity index (χ3v) is 6.07. The lowest BCUT2D eigenvalue weighted by Crippen LogP contribution is -2.44. The van der Waals surface area contributed by atoms with Gasteiger partial charge in [-0.3, -0.25) is 9.89 Å². The van der Waals surface area contributed by atoms with Gasteiger partial charge in [-0.15, -0.1) is 35.3 Å². The molecule has 1 aromatic heterocycles. The number of likely N-dealkylation sites (tertiary alicyclic amines) is 2. The third kappa shape index (κ3) is 4.85. The molecule has 136 valence electrons. The Morgan fingerprint density at radius 1 is 1.33 bits per heavy atom. The maximum absolute atomic E-state index is 4.53. The zero-order chi connectivity index (χ0) is 16.3. The van der Waals surface area contributed by atoms with Crippen molar-refractivity contribution >= 4 is 41.3 Å². The fourth-order valence-electron chi connectivity index (χ4n) is 3.76. The quantitative estimate of drug-likeness (QED) is 0.420. The predicted molar refractivity (Wildman–Crippen MR) is 115 cm³/mol. The van der Waals surface area contributed by atoms with Gasteiger partial charge < -0.3 is 10.2 Å². The summed E-state index contributed by atoms with van der Waals surface area (Å²) in [5, 5.41) is 5.85. The molecule has 0 aliphatic carbocycles. The molecule has 24 heavy (non-hydrogen) atoms. The average Bonchev–Trinajstić information content (AvgIpc) is 3.25. The average molecular weight is 462 g/mol. The summed E-state index contributed by atoms with van der Waals surface area (Å²) in [6, 6.07) is 4.92. The zero-order valence-electron chi connectivity index (χ0n) is 15.1. The molecule has 3 rings (SSSR count). The third-order valence-electron chi connectivity index (χ3n) is 5.10. The number of guanidine groups is 1. The van der Waals surface area contributed by atoms with Gasteiger partial charge >= 0.3 is 0 Å². The van der Waals surface area contributed by atoms with Gasteiger partial charge in [0.15, 0.2) is 5.96 Å². The van der Waals surface area contributed by atoms with E-state index in [-0.39, 0.29) is 24.0 Å². The highest BCUT2D eigenvalue weighted by atomic mass is 127. The van der Waals surface area contributed by atoms with E-state index in [0.717, 1.165) is 25.6 Å². The van der Waals surface area contributed by atoms with Crippen LogP contribution in [-0.2, 0) is 0 Å². The van der Waals surface area contributed by atoms with E-state index in [1.54, 1.807) is 0 Å². The summed E-state index contributed by atoms with van der Waals surface area (Å²) in [5.74, 6) is 1.07. The van der Waals surface area contributed by atoms with Crippen LogP contribution in [0.3, 0.4) is 0 Å². The molecule has 0 amide bonds. The maximum Gasteiger partial charge on any atom is 0.193 e. The molecule has 6 heteroatoms. The normalized spacial score (nSPS) is 22.5. The van der Waals surface area contributed by atoms with Gasteiger partial charge in [-0.2, -0.15) is 0 Å². The standard InChI is InChI=1S/C18H30N4S.HI/c1-18(2)8-11-22(14-18)17(19-3)20-13-15(16-7-6-12-23-16)21-9-4-5-10-21;/h6-7,12,15H,4-5,8-11,13-14H2,1-3H3,(H,19,20);1H. The van der Waals surface area contributed by atoms with Crippen LogP contribution in [0.1, 0.15) is 44.0 Å². The Balaban J connectivity index is 0.00000208. The van der Waals surface area contributed by atoms with Gasteiger partial charge in [-0.25, -0.2) is 0 Å². The van der Waals surface area contributed by atoms with Crippen molar-refractivity contribution in [3.8, 4) is 0 Å². The number of nitrogens with zero attached hydrogens (tertiary/aromatic N) is 3. The Labute approximate surface area is 167 Å². The number of hydrogen-bond acceptors (Lipinski definition) is 3. The van der Waals surface area contributed by atoms with Gasteiger partial charge in [0.1, 0.15) is 0 Å². The van der Waals surface area contributed by atoms with Gasteiger partial charge in [-0.1, -0.05) is 19.9 Å². The topological polar surface area (TPSA) is 30.9 Å². The molecule has 0 radical (unpaired) electrons.